The Labute approximate surface area is 101 Å². The number of hydrogen-bond donors (Lipinski definition) is 3. The fourth-order valence-electron chi connectivity index (χ4n) is 1.41. The standard InChI is InChI=1S/C10H12F3N5/c1-9(14,10(11,12)13)8-16-5-3-4-6(15-2)17-7(5)18-8/h3-4H,14H2,1-2H3,(H2,15,16,17,18). The van der Waals surface area contributed by atoms with E-state index >= 15 is 0 Å². The molecule has 2 aromatic rings. The number of nitrogens with two attached hydrogens (primary N) is 1. The summed E-state index contributed by atoms with van der Waals surface area (Å²) >= 11 is 0. The zero-order valence-corrected chi connectivity index (χ0v) is 9.76. The minimum atomic E-state index is -4.59. The molecule has 0 radical (unpaired) electrons. The van der Waals surface area contributed by atoms with Crippen LogP contribution in [0, 0.1) is 0 Å². The van der Waals surface area contributed by atoms with Crippen LogP contribution in [0.25, 0.3) is 11.2 Å². The van der Waals surface area contributed by atoms with Crippen LogP contribution in [-0.4, -0.2) is 28.2 Å². The third-order valence-corrected chi connectivity index (χ3v) is 2.68. The van der Waals surface area contributed by atoms with Gasteiger partial charge in [-0.15, -0.1) is 0 Å². The van der Waals surface area contributed by atoms with E-state index in [-0.39, 0.29) is 11.5 Å². The first-order valence-electron chi connectivity index (χ1n) is 5.16. The van der Waals surface area contributed by atoms with Crippen molar-refractivity contribution in [3.8, 4) is 0 Å². The number of halogens is 3. The summed E-state index contributed by atoms with van der Waals surface area (Å²) in [5, 5.41) is 2.78. The van der Waals surface area contributed by atoms with Crippen molar-refractivity contribution in [1.29, 1.82) is 0 Å². The number of aromatic nitrogens is 3. The first kappa shape index (κ1) is 12.6. The van der Waals surface area contributed by atoms with Crippen LogP contribution in [0.15, 0.2) is 12.1 Å². The van der Waals surface area contributed by atoms with Gasteiger partial charge in [0.25, 0.3) is 0 Å². The Morgan fingerprint density at radius 1 is 1.28 bits per heavy atom. The number of nitrogens with one attached hydrogen (secondary N) is 2. The van der Waals surface area contributed by atoms with Crippen LogP contribution in [0.3, 0.4) is 0 Å². The van der Waals surface area contributed by atoms with Gasteiger partial charge in [0.15, 0.2) is 11.2 Å². The predicted octanol–water partition coefficient (Wildman–Crippen LogP) is 1.74. The molecule has 0 bridgehead atoms. The number of anilines is 1. The van der Waals surface area contributed by atoms with Crippen LogP contribution in [0.5, 0.6) is 0 Å². The zero-order chi connectivity index (χ0) is 13.6. The lowest BCUT2D eigenvalue weighted by Gasteiger charge is -2.24. The van der Waals surface area contributed by atoms with Gasteiger partial charge >= 0.3 is 6.18 Å². The van der Waals surface area contributed by atoms with Crippen LogP contribution in [-0.2, 0) is 5.54 Å². The fourth-order valence-corrected chi connectivity index (χ4v) is 1.41. The van der Waals surface area contributed by atoms with E-state index in [1.165, 1.54) is 0 Å². The monoisotopic (exact) mass is 259 g/mol. The number of imidazole rings is 1. The number of aromatic amines is 1. The van der Waals surface area contributed by atoms with E-state index in [9.17, 15) is 13.2 Å². The van der Waals surface area contributed by atoms with Gasteiger partial charge in [0.2, 0.25) is 0 Å². The third kappa shape index (κ3) is 1.88. The van der Waals surface area contributed by atoms with E-state index in [2.05, 4.69) is 20.3 Å². The second kappa shape index (κ2) is 3.84. The second-order valence-corrected chi connectivity index (χ2v) is 4.10. The number of rotatable bonds is 2. The largest absolute Gasteiger partial charge is 0.413 e. The van der Waals surface area contributed by atoms with E-state index in [4.69, 9.17) is 5.73 Å². The summed E-state index contributed by atoms with van der Waals surface area (Å²) in [5.41, 5.74) is 3.35. The van der Waals surface area contributed by atoms with E-state index in [0.717, 1.165) is 6.92 Å². The van der Waals surface area contributed by atoms with Crippen molar-refractivity contribution in [2.45, 2.75) is 18.6 Å². The van der Waals surface area contributed by atoms with Crippen molar-refractivity contribution < 1.29 is 13.2 Å². The van der Waals surface area contributed by atoms with Crippen molar-refractivity contribution in [2.75, 3.05) is 12.4 Å². The van der Waals surface area contributed by atoms with E-state index in [0.29, 0.717) is 11.3 Å². The molecule has 2 heterocycles. The molecule has 1 unspecified atom stereocenters. The molecule has 5 nitrogen and oxygen atoms in total. The lowest BCUT2D eigenvalue weighted by Crippen LogP contribution is -2.48. The molecule has 0 spiro atoms. The smallest absolute Gasteiger partial charge is 0.373 e. The molecule has 0 saturated heterocycles. The molecule has 18 heavy (non-hydrogen) atoms. The van der Waals surface area contributed by atoms with Gasteiger partial charge in [-0.2, -0.15) is 13.2 Å². The SMILES string of the molecule is CNc1ccc2[nH]c(C(C)(N)C(F)(F)F)nc2n1. The van der Waals surface area contributed by atoms with Gasteiger partial charge in [-0.3, -0.25) is 0 Å². The molecule has 0 fully saturated rings. The second-order valence-electron chi connectivity index (χ2n) is 4.10. The molecule has 2 rings (SSSR count). The van der Waals surface area contributed by atoms with Gasteiger partial charge in [-0.05, 0) is 19.1 Å². The lowest BCUT2D eigenvalue weighted by atomic mass is 10.0. The third-order valence-electron chi connectivity index (χ3n) is 2.68. The summed E-state index contributed by atoms with van der Waals surface area (Å²) in [5.74, 6) is 0.164. The Balaban J connectivity index is 2.54. The normalized spacial score (nSPS) is 15.7. The molecule has 0 aliphatic heterocycles. The molecule has 0 aliphatic carbocycles. The summed E-state index contributed by atoms with van der Waals surface area (Å²) in [6, 6.07) is 3.23. The Morgan fingerprint density at radius 2 is 1.94 bits per heavy atom. The summed E-state index contributed by atoms with van der Waals surface area (Å²) < 4.78 is 38.3. The maximum absolute atomic E-state index is 12.8. The number of H-pyrrole nitrogens is 1. The Hall–Kier alpha value is -1.83. The van der Waals surface area contributed by atoms with Gasteiger partial charge < -0.3 is 16.0 Å². The average molecular weight is 259 g/mol. The molecular formula is C10H12F3N5. The molecule has 1 atom stereocenters. The highest BCUT2D eigenvalue weighted by atomic mass is 19.4. The quantitative estimate of drug-likeness (QED) is 0.767. The summed E-state index contributed by atoms with van der Waals surface area (Å²) in [4.78, 5) is 10.4. The van der Waals surface area contributed by atoms with Crippen LogP contribution in [0.2, 0.25) is 0 Å². The highest BCUT2D eigenvalue weighted by molar-refractivity contribution is 5.73. The summed E-state index contributed by atoms with van der Waals surface area (Å²) in [6.45, 7) is 0.865. The van der Waals surface area contributed by atoms with Gasteiger partial charge in [0.1, 0.15) is 11.6 Å². The summed E-state index contributed by atoms with van der Waals surface area (Å²) in [6.07, 6.45) is -4.59. The zero-order valence-electron chi connectivity index (χ0n) is 9.76. The molecule has 0 amide bonds. The molecule has 0 aromatic carbocycles. The minimum absolute atomic E-state index is 0.192. The molecular weight excluding hydrogens is 247 g/mol. The summed E-state index contributed by atoms with van der Waals surface area (Å²) in [7, 11) is 1.66. The lowest BCUT2D eigenvalue weighted by molar-refractivity contribution is -0.186. The fraction of sp³-hybridized carbons (Fsp3) is 0.400. The predicted molar refractivity (Wildman–Crippen MR) is 61.0 cm³/mol. The Morgan fingerprint density at radius 3 is 2.50 bits per heavy atom. The van der Waals surface area contributed by atoms with Crippen LogP contribution in [0.1, 0.15) is 12.7 Å². The number of hydrogen-bond acceptors (Lipinski definition) is 4. The van der Waals surface area contributed by atoms with E-state index in [1.807, 2.05) is 0 Å². The number of fused-ring (bicyclic) bond motifs is 1. The van der Waals surface area contributed by atoms with Gasteiger partial charge in [-0.1, -0.05) is 0 Å². The first-order chi connectivity index (χ1) is 8.25. The molecule has 0 aliphatic rings. The van der Waals surface area contributed by atoms with Crippen molar-refractivity contribution in [3.63, 3.8) is 0 Å². The highest BCUT2D eigenvalue weighted by Gasteiger charge is 2.51. The van der Waals surface area contributed by atoms with Gasteiger partial charge in [0, 0.05) is 7.05 Å². The van der Waals surface area contributed by atoms with Crippen LogP contribution >= 0.6 is 0 Å². The van der Waals surface area contributed by atoms with Crippen molar-refractivity contribution in [1.82, 2.24) is 15.0 Å². The topological polar surface area (TPSA) is 79.6 Å². The van der Waals surface area contributed by atoms with Crippen molar-refractivity contribution in [3.05, 3.63) is 18.0 Å². The number of alkyl halides is 3. The van der Waals surface area contributed by atoms with Crippen molar-refractivity contribution in [2.24, 2.45) is 5.73 Å². The Bertz CT molecular complexity index is 572. The molecule has 98 valence electrons. The van der Waals surface area contributed by atoms with Crippen LogP contribution < -0.4 is 11.1 Å². The average Bonchev–Trinajstić information content (AvgIpc) is 2.70. The molecule has 8 heteroatoms. The maximum Gasteiger partial charge on any atom is 0.413 e. The van der Waals surface area contributed by atoms with Crippen molar-refractivity contribution >= 4 is 17.0 Å². The maximum atomic E-state index is 12.8. The van der Waals surface area contributed by atoms with Gasteiger partial charge in [0.05, 0.1) is 5.52 Å². The van der Waals surface area contributed by atoms with Crippen LogP contribution in [0.4, 0.5) is 19.0 Å². The minimum Gasteiger partial charge on any atom is -0.373 e. The van der Waals surface area contributed by atoms with E-state index < -0.39 is 11.7 Å². The highest BCUT2D eigenvalue weighted by Crippen LogP contribution is 2.35. The molecule has 0 saturated carbocycles. The Kier molecular flexibility index (Phi) is 2.69. The first-order valence-corrected chi connectivity index (χ1v) is 5.16. The molecule has 4 N–H and O–H groups in total. The number of nitrogens with zero attached hydrogens (tertiary/aromatic N) is 2. The molecule has 2 aromatic heterocycles. The van der Waals surface area contributed by atoms with E-state index in [1.54, 1.807) is 19.2 Å². The number of pyridine rings is 1. The van der Waals surface area contributed by atoms with Gasteiger partial charge in [-0.25, -0.2) is 9.97 Å².